The first-order valence-electron chi connectivity index (χ1n) is 15.0. The maximum atomic E-state index is 14.8. The normalized spacial score (nSPS) is 13.8. The minimum atomic E-state index is -0.971. The number of hydrogen-bond donors (Lipinski definition) is 2. The highest BCUT2D eigenvalue weighted by atomic mass is 35.5. The second-order valence-corrected chi connectivity index (χ2v) is 11.6. The molecule has 242 valence electrons. The minimum Gasteiger partial charge on any atom is -0.478 e. The Bertz CT molecular complexity index is 2040. The highest BCUT2D eigenvalue weighted by Crippen LogP contribution is 2.34. The lowest BCUT2D eigenvalue weighted by Gasteiger charge is -2.36. The van der Waals surface area contributed by atoms with Crippen LogP contribution >= 0.6 is 11.6 Å². The van der Waals surface area contributed by atoms with E-state index in [0.29, 0.717) is 76.6 Å². The van der Waals surface area contributed by atoms with Crippen molar-refractivity contribution in [3.63, 3.8) is 0 Å². The molecule has 5 aromatic rings. The summed E-state index contributed by atoms with van der Waals surface area (Å²) >= 11 is 6.38. The number of aromatic carboxylic acids is 1. The second-order valence-electron chi connectivity index (χ2n) is 11.2. The lowest BCUT2D eigenvalue weighted by Crippen LogP contribution is -2.49. The van der Waals surface area contributed by atoms with Crippen molar-refractivity contribution in [1.29, 1.82) is 0 Å². The van der Waals surface area contributed by atoms with Crippen LogP contribution in [0.3, 0.4) is 0 Å². The van der Waals surface area contributed by atoms with Crippen molar-refractivity contribution < 1.29 is 19.1 Å². The number of piperazine rings is 1. The second kappa shape index (κ2) is 13.6. The lowest BCUT2D eigenvalue weighted by atomic mass is 9.95. The fourth-order valence-electron chi connectivity index (χ4n) is 5.96. The summed E-state index contributed by atoms with van der Waals surface area (Å²) in [7, 11) is 0. The lowest BCUT2D eigenvalue weighted by molar-refractivity contribution is 0.0693. The molecule has 0 aliphatic carbocycles. The molecule has 2 N–H and O–H groups in total. The van der Waals surface area contributed by atoms with Crippen LogP contribution in [0.25, 0.3) is 11.3 Å². The van der Waals surface area contributed by atoms with Gasteiger partial charge < -0.3 is 20.2 Å². The van der Waals surface area contributed by atoms with Gasteiger partial charge in [-0.25, -0.2) is 19.2 Å². The number of hydrogen-bond acceptors (Lipinski definition) is 7. The Balaban J connectivity index is 0.00000401. The number of aliphatic imine (C=N–C) groups is 1. The zero-order valence-corrected chi connectivity index (χ0v) is 25.8. The maximum absolute atomic E-state index is 14.8. The largest absolute Gasteiger partial charge is 0.478 e. The van der Waals surface area contributed by atoms with Crippen molar-refractivity contribution in [2.75, 3.05) is 36.4 Å². The number of amides is 1. The van der Waals surface area contributed by atoms with Crippen LogP contribution in [0.4, 0.5) is 21.7 Å². The molecular formula is C37H32ClFN6O3. The number of carboxylic acids is 1. The molecule has 11 heteroatoms. The Morgan fingerprint density at radius 1 is 0.854 bits per heavy atom. The number of aromatic nitrogens is 2. The first-order chi connectivity index (χ1) is 22.9. The summed E-state index contributed by atoms with van der Waals surface area (Å²) in [6.07, 6.45) is 1.71. The third kappa shape index (κ3) is 6.34. The van der Waals surface area contributed by atoms with E-state index in [2.05, 4.69) is 10.3 Å². The summed E-state index contributed by atoms with van der Waals surface area (Å²) in [5.74, 6) is -1.08. The molecule has 0 radical (unpaired) electrons. The number of carbonyl (C=O) groups excluding carboxylic acids is 1. The fourth-order valence-corrected chi connectivity index (χ4v) is 6.13. The summed E-state index contributed by atoms with van der Waals surface area (Å²) in [4.78, 5) is 42.8. The maximum Gasteiger partial charge on any atom is 0.337 e. The molecule has 0 bridgehead atoms. The number of nitrogens with one attached hydrogen (secondary N) is 1. The highest BCUT2D eigenvalue weighted by molar-refractivity contribution is 6.31. The van der Waals surface area contributed by atoms with Crippen molar-refractivity contribution in [3.05, 3.63) is 136 Å². The number of anilines is 3. The molecule has 0 spiro atoms. The third-order valence-electron chi connectivity index (χ3n) is 8.32. The molecule has 1 amide bonds. The van der Waals surface area contributed by atoms with E-state index in [4.69, 9.17) is 21.6 Å². The molecule has 1 saturated heterocycles. The van der Waals surface area contributed by atoms with Gasteiger partial charge in [-0.1, -0.05) is 49.4 Å². The third-order valence-corrected chi connectivity index (χ3v) is 8.56. The predicted octanol–water partition coefficient (Wildman–Crippen LogP) is 7.33. The zero-order valence-electron chi connectivity index (χ0n) is 25.0. The molecule has 9 nitrogen and oxygen atoms in total. The SMILES string of the molecule is C.O=C(O)c1ccccc1N1CCN(C(=O)c2ccc(Nc3ncc4c(n3)-c3ccc(Cl)cc3C(c3ccccc3F)=NC4)cc2)CC1. The molecule has 2 aliphatic rings. The number of benzene rings is 4. The van der Waals surface area contributed by atoms with Crippen LogP contribution in [-0.4, -0.2) is 63.7 Å². The van der Waals surface area contributed by atoms with E-state index in [1.807, 2.05) is 17.0 Å². The van der Waals surface area contributed by atoms with Gasteiger partial charge >= 0.3 is 5.97 Å². The minimum absolute atomic E-state index is 0. The van der Waals surface area contributed by atoms with Crippen LogP contribution < -0.4 is 10.2 Å². The average molecular weight is 663 g/mol. The number of carbonyl (C=O) groups is 2. The Hall–Kier alpha value is -5.61. The molecule has 0 saturated carbocycles. The van der Waals surface area contributed by atoms with E-state index in [1.165, 1.54) is 6.07 Å². The van der Waals surface area contributed by atoms with Gasteiger partial charge in [-0.05, 0) is 60.7 Å². The van der Waals surface area contributed by atoms with Crippen molar-refractivity contribution in [2.45, 2.75) is 14.0 Å². The molecule has 2 aliphatic heterocycles. The van der Waals surface area contributed by atoms with Gasteiger partial charge in [0.05, 0.1) is 29.2 Å². The van der Waals surface area contributed by atoms with Crippen LogP contribution in [0.15, 0.2) is 102 Å². The summed E-state index contributed by atoms with van der Waals surface area (Å²) in [6, 6.07) is 26.0. The molecule has 1 fully saturated rings. The van der Waals surface area contributed by atoms with Crippen LogP contribution in [0.2, 0.25) is 5.02 Å². The van der Waals surface area contributed by atoms with Gasteiger partial charge in [0, 0.05) is 70.9 Å². The summed E-state index contributed by atoms with van der Waals surface area (Å²) in [5.41, 5.74) is 5.94. The standard InChI is InChI=1S/C36H28ClFN6O3.CH4/c37-24-11-14-26-29(19-24)33(27-5-1-3-7-30(27)38)39-20-23-21-40-36(42-32(23)26)41-25-12-9-22(10-13-25)34(45)44-17-15-43(16-18-44)31-8-4-2-6-28(31)35(46)47;/h1-14,19,21H,15-18,20H2,(H,46,47)(H,40,41,42);1H4. The van der Waals surface area contributed by atoms with Crippen LogP contribution in [0.5, 0.6) is 0 Å². The van der Waals surface area contributed by atoms with Crippen molar-refractivity contribution in [1.82, 2.24) is 14.9 Å². The van der Waals surface area contributed by atoms with E-state index in [1.54, 1.807) is 83.9 Å². The van der Waals surface area contributed by atoms with Gasteiger partial charge in [-0.3, -0.25) is 9.79 Å². The fraction of sp³-hybridized carbons (Fsp3) is 0.162. The topological polar surface area (TPSA) is 111 Å². The molecule has 1 aromatic heterocycles. The van der Waals surface area contributed by atoms with E-state index >= 15 is 0 Å². The van der Waals surface area contributed by atoms with Crippen molar-refractivity contribution in [3.8, 4) is 11.3 Å². The first-order valence-corrected chi connectivity index (χ1v) is 15.4. The summed E-state index contributed by atoms with van der Waals surface area (Å²) in [5, 5.41) is 13.3. The van der Waals surface area contributed by atoms with Gasteiger partial charge in [0.1, 0.15) is 5.82 Å². The Labute approximate surface area is 282 Å². The molecule has 7 rings (SSSR count). The number of halogens is 2. The summed E-state index contributed by atoms with van der Waals surface area (Å²) < 4.78 is 14.8. The molecule has 48 heavy (non-hydrogen) atoms. The van der Waals surface area contributed by atoms with Gasteiger partial charge in [-0.2, -0.15) is 0 Å². The van der Waals surface area contributed by atoms with E-state index in [9.17, 15) is 19.1 Å². The molecule has 4 aromatic carbocycles. The monoisotopic (exact) mass is 662 g/mol. The number of para-hydroxylation sites is 1. The van der Waals surface area contributed by atoms with E-state index < -0.39 is 5.97 Å². The number of rotatable bonds is 6. The van der Waals surface area contributed by atoms with Gasteiger partial charge in [0.25, 0.3) is 5.91 Å². The highest BCUT2D eigenvalue weighted by Gasteiger charge is 2.26. The zero-order chi connectivity index (χ0) is 32.5. The van der Waals surface area contributed by atoms with Crippen molar-refractivity contribution >= 4 is 46.5 Å². The van der Waals surface area contributed by atoms with E-state index in [0.717, 1.165) is 11.1 Å². The van der Waals surface area contributed by atoms with Gasteiger partial charge in [0.2, 0.25) is 5.95 Å². The molecule has 3 heterocycles. The van der Waals surface area contributed by atoms with Crippen molar-refractivity contribution in [2.24, 2.45) is 4.99 Å². The average Bonchev–Trinajstić information content (AvgIpc) is 3.25. The Kier molecular flexibility index (Phi) is 9.18. The van der Waals surface area contributed by atoms with Crippen LogP contribution in [0.1, 0.15) is 44.8 Å². The van der Waals surface area contributed by atoms with Gasteiger partial charge in [0.15, 0.2) is 0 Å². The number of fused-ring (bicyclic) bond motifs is 3. The molecular weight excluding hydrogens is 631 g/mol. The van der Waals surface area contributed by atoms with E-state index in [-0.39, 0.29) is 31.3 Å². The Morgan fingerprint density at radius 2 is 1.58 bits per heavy atom. The molecule has 0 unspecified atom stereocenters. The number of carboxylic acid groups (broad SMARTS) is 1. The predicted molar refractivity (Wildman–Crippen MR) is 186 cm³/mol. The quantitative estimate of drug-likeness (QED) is 0.196. The smallest absolute Gasteiger partial charge is 0.337 e. The number of nitrogens with zero attached hydrogens (tertiary/aromatic N) is 5. The Morgan fingerprint density at radius 3 is 2.33 bits per heavy atom. The molecule has 0 atom stereocenters. The summed E-state index contributed by atoms with van der Waals surface area (Å²) in [6.45, 7) is 2.29. The van der Waals surface area contributed by atoms with Gasteiger partial charge in [-0.15, -0.1) is 0 Å². The first kappa shape index (κ1) is 32.3. The van der Waals surface area contributed by atoms with Crippen LogP contribution in [-0.2, 0) is 6.54 Å². The van der Waals surface area contributed by atoms with Crippen LogP contribution in [0, 0.1) is 5.82 Å².